The van der Waals surface area contributed by atoms with Crippen molar-refractivity contribution in [1.29, 1.82) is 0 Å². The highest BCUT2D eigenvalue weighted by Gasteiger charge is 2.26. The molecule has 0 fully saturated rings. The Hall–Kier alpha value is -0.190. The highest BCUT2D eigenvalue weighted by atomic mass is 79.9. The van der Waals surface area contributed by atoms with Crippen molar-refractivity contribution in [2.75, 3.05) is 11.1 Å². The predicted molar refractivity (Wildman–Crippen MR) is 86.0 cm³/mol. The van der Waals surface area contributed by atoms with E-state index in [1.165, 1.54) is 0 Å². The van der Waals surface area contributed by atoms with Crippen molar-refractivity contribution < 1.29 is 0 Å². The van der Waals surface area contributed by atoms with Gasteiger partial charge >= 0.3 is 0 Å². The molecule has 1 N–H and O–H groups in total. The number of halogens is 2. The van der Waals surface area contributed by atoms with Crippen LogP contribution in [0.3, 0.4) is 0 Å². The number of hydrogen-bond acceptors (Lipinski definition) is 3. The van der Waals surface area contributed by atoms with Gasteiger partial charge in [0.25, 0.3) is 0 Å². The summed E-state index contributed by atoms with van der Waals surface area (Å²) < 4.78 is 0.999. The molecule has 0 spiro atoms. The molecule has 1 heterocycles. The summed E-state index contributed by atoms with van der Waals surface area (Å²) in [4.78, 5) is 4.80. The van der Waals surface area contributed by atoms with Gasteiger partial charge in [0.15, 0.2) is 5.17 Å². The van der Waals surface area contributed by atoms with Gasteiger partial charge in [0.1, 0.15) is 0 Å². The second kappa shape index (κ2) is 5.85. The first kappa shape index (κ1) is 14.2. The van der Waals surface area contributed by atoms with Gasteiger partial charge in [0.05, 0.1) is 11.2 Å². The Kier molecular flexibility index (Phi) is 4.62. The molecule has 2 nitrogen and oxygen atoms in total. The van der Waals surface area contributed by atoms with Crippen molar-refractivity contribution >= 4 is 50.1 Å². The standard InChI is InChI=1S/C13H16BrClN2S/c1-3-13(2)6-7-18-12(17-13)16-11-8-9(15)4-5-10(11)14/h4-5,8H,3,6-7H2,1-2H3,(H,16,17). The Balaban J connectivity index is 2.21. The molecule has 1 aliphatic rings. The Bertz CT molecular complexity index is 478. The van der Waals surface area contributed by atoms with Crippen LogP contribution in [-0.4, -0.2) is 16.5 Å². The van der Waals surface area contributed by atoms with Crippen LogP contribution in [0.1, 0.15) is 26.7 Å². The molecule has 2 rings (SSSR count). The van der Waals surface area contributed by atoms with Crippen LogP contribution < -0.4 is 5.32 Å². The zero-order valence-electron chi connectivity index (χ0n) is 10.5. The van der Waals surface area contributed by atoms with Gasteiger partial charge < -0.3 is 5.32 Å². The fraction of sp³-hybridized carbons (Fsp3) is 0.462. The molecule has 0 saturated carbocycles. The SMILES string of the molecule is CCC1(C)CCSC(Nc2cc(Cl)ccc2Br)=N1. The number of rotatable bonds is 2. The summed E-state index contributed by atoms with van der Waals surface area (Å²) in [5.74, 6) is 1.11. The van der Waals surface area contributed by atoms with E-state index >= 15 is 0 Å². The van der Waals surface area contributed by atoms with Crippen LogP contribution in [0.25, 0.3) is 0 Å². The largest absolute Gasteiger partial charge is 0.334 e. The Morgan fingerprint density at radius 1 is 1.56 bits per heavy atom. The minimum atomic E-state index is 0.0681. The number of amidine groups is 1. The summed E-state index contributed by atoms with van der Waals surface area (Å²) in [7, 11) is 0. The molecule has 0 bridgehead atoms. The molecule has 0 aromatic heterocycles. The summed E-state index contributed by atoms with van der Waals surface area (Å²) in [5, 5.41) is 5.06. The van der Waals surface area contributed by atoms with Crippen molar-refractivity contribution in [3.8, 4) is 0 Å². The molecule has 0 aliphatic carbocycles. The smallest absolute Gasteiger partial charge is 0.161 e. The topological polar surface area (TPSA) is 24.4 Å². The van der Waals surface area contributed by atoms with Crippen LogP contribution >= 0.6 is 39.3 Å². The third-order valence-electron chi connectivity index (χ3n) is 3.18. The van der Waals surface area contributed by atoms with Crippen molar-refractivity contribution in [1.82, 2.24) is 0 Å². The molecule has 1 unspecified atom stereocenters. The van der Waals surface area contributed by atoms with Crippen LogP contribution in [-0.2, 0) is 0 Å². The molecule has 0 radical (unpaired) electrons. The Morgan fingerprint density at radius 3 is 3.06 bits per heavy atom. The van der Waals surface area contributed by atoms with Gasteiger partial charge in [0.2, 0.25) is 0 Å². The van der Waals surface area contributed by atoms with Gasteiger partial charge in [-0.1, -0.05) is 30.3 Å². The van der Waals surface area contributed by atoms with Crippen molar-refractivity contribution in [3.63, 3.8) is 0 Å². The first-order valence-corrected chi connectivity index (χ1v) is 8.13. The van der Waals surface area contributed by atoms with E-state index in [1.54, 1.807) is 11.8 Å². The molecule has 1 aliphatic heterocycles. The number of nitrogens with zero attached hydrogens (tertiary/aromatic N) is 1. The minimum absolute atomic E-state index is 0.0681. The first-order valence-electron chi connectivity index (χ1n) is 5.97. The molecular weight excluding hydrogens is 332 g/mol. The number of hydrogen-bond donors (Lipinski definition) is 1. The van der Waals surface area contributed by atoms with Gasteiger partial charge in [-0.15, -0.1) is 0 Å². The van der Waals surface area contributed by atoms with Crippen LogP contribution in [0.2, 0.25) is 5.02 Å². The average Bonchev–Trinajstić information content (AvgIpc) is 2.34. The van der Waals surface area contributed by atoms with Crippen LogP contribution in [0.5, 0.6) is 0 Å². The molecule has 5 heteroatoms. The third-order valence-corrected chi connectivity index (χ3v) is 4.98. The zero-order valence-corrected chi connectivity index (χ0v) is 13.6. The summed E-state index contributed by atoms with van der Waals surface area (Å²) in [6.07, 6.45) is 2.20. The van der Waals surface area contributed by atoms with Gasteiger partial charge in [-0.2, -0.15) is 0 Å². The molecule has 0 amide bonds. The van der Waals surface area contributed by atoms with E-state index in [2.05, 4.69) is 35.1 Å². The number of aliphatic imine (C=N–C) groups is 1. The average molecular weight is 348 g/mol. The maximum absolute atomic E-state index is 6.01. The molecule has 1 aromatic rings. The minimum Gasteiger partial charge on any atom is -0.334 e. The van der Waals surface area contributed by atoms with Crippen molar-refractivity contribution in [3.05, 3.63) is 27.7 Å². The zero-order chi connectivity index (χ0) is 13.2. The second-order valence-electron chi connectivity index (χ2n) is 4.62. The Morgan fingerprint density at radius 2 is 2.33 bits per heavy atom. The fourth-order valence-corrected chi connectivity index (χ4v) is 3.45. The maximum Gasteiger partial charge on any atom is 0.161 e. The molecule has 0 saturated heterocycles. The monoisotopic (exact) mass is 346 g/mol. The first-order chi connectivity index (χ1) is 8.52. The maximum atomic E-state index is 6.01. The van der Waals surface area contributed by atoms with Crippen LogP contribution in [0, 0.1) is 0 Å². The van der Waals surface area contributed by atoms with Gasteiger partial charge in [-0.25, -0.2) is 0 Å². The molecule has 1 aromatic carbocycles. The lowest BCUT2D eigenvalue weighted by atomic mass is 9.97. The van der Waals surface area contributed by atoms with Gasteiger partial charge in [-0.05, 0) is 53.9 Å². The van der Waals surface area contributed by atoms with Gasteiger partial charge in [0, 0.05) is 15.2 Å². The summed E-state index contributed by atoms with van der Waals surface area (Å²) in [6, 6.07) is 5.72. The van der Waals surface area contributed by atoms with E-state index in [9.17, 15) is 0 Å². The summed E-state index contributed by atoms with van der Waals surface area (Å²) >= 11 is 11.3. The molecule has 98 valence electrons. The van der Waals surface area contributed by atoms with Gasteiger partial charge in [-0.3, -0.25) is 4.99 Å². The third kappa shape index (κ3) is 3.43. The van der Waals surface area contributed by atoms with Crippen LogP contribution in [0.15, 0.2) is 27.7 Å². The summed E-state index contributed by atoms with van der Waals surface area (Å²) in [6.45, 7) is 4.40. The predicted octanol–water partition coefficient (Wildman–Crippen LogP) is 5.18. The Labute approximate surface area is 126 Å². The second-order valence-corrected chi connectivity index (χ2v) is 6.99. The highest BCUT2D eigenvalue weighted by Crippen LogP contribution is 2.32. The lowest BCUT2D eigenvalue weighted by Crippen LogP contribution is -2.29. The number of anilines is 1. The van der Waals surface area contributed by atoms with E-state index in [4.69, 9.17) is 16.6 Å². The fourth-order valence-electron chi connectivity index (χ4n) is 1.73. The molecular formula is C13H16BrClN2S. The lowest BCUT2D eigenvalue weighted by Gasteiger charge is -2.29. The normalized spacial score (nSPS) is 23.7. The highest BCUT2D eigenvalue weighted by molar-refractivity contribution is 9.10. The number of nitrogens with one attached hydrogen (secondary N) is 1. The summed E-state index contributed by atoms with van der Waals surface area (Å²) in [5.41, 5.74) is 1.03. The molecule has 18 heavy (non-hydrogen) atoms. The number of thioether (sulfide) groups is 1. The number of benzene rings is 1. The lowest BCUT2D eigenvalue weighted by molar-refractivity contribution is 0.443. The van der Waals surface area contributed by atoms with E-state index < -0.39 is 0 Å². The van der Waals surface area contributed by atoms with Crippen LogP contribution in [0.4, 0.5) is 5.69 Å². The van der Waals surface area contributed by atoms with E-state index in [0.29, 0.717) is 0 Å². The molecule has 1 atom stereocenters. The van der Waals surface area contributed by atoms with Crippen molar-refractivity contribution in [2.24, 2.45) is 4.99 Å². The van der Waals surface area contributed by atoms with Crippen molar-refractivity contribution in [2.45, 2.75) is 32.2 Å². The quantitative estimate of drug-likeness (QED) is 0.797. The van der Waals surface area contributed by atoms with E-state index in [1.807, 2.05) is 18.2 Å². The van der Waals surface area contributed by atoms with E-state index in [-0.39, 0.29) is 5.54 Å². The van der Waals surface area contributed by atoms with E-state index in [0.717, 1.165) is 38.9 Å².